The minimum absolute atomic E-state index is 0.263. The smallest absolute Gasteiger partial charge is 0.321 e. The van der Waals surface area contributed by atoms with Crippen molar-refractivity contribution in [3.05, 3.63) is 18.2 Å². The summed E-state index contributed by atoms with van der Waals surface area (Å²) >= 11 is 3.98. The first-order chi connectivity index (χ1) is 9.05. The van der Waals surface area contributed by atoms with Crippen molar-refractivity contribution < 1.29 is 19.8 Å². The maximum Gasteiger partial charge on any atom is 0.321 e. The molecule has 0 saturated carbocycles. The molecule has 1 aromatic heterocycles. The highest BCUT2D eigenvalue weighted by Gasteiger charge is 2.27. The van der Waals surface area contributed by atoms with E-state index in [9.17, 15) is 9.59 Å². The molecule has 0 bridgehead atoms. The number of nitrogens with one attached hydrogen (secondary N) is 1. The van der Waals surface area contributed by atoms with E-state index in [4.69, 9.17) is 21.7 Å². The summed E-state index contributed by atoms with van der Waals surface area (Å²) in [5.41, 5.74) is 11.1. The van der Waals surface area contributed by atoms with Crippen LogP contribution in [0, 0.1) is 0 Å². The molecule has 0 aliphatic rings. The second-order valence-electron chi connectivity index (χ2n) is 4.68. The van der Waals surface area contributed by atoms with Crippen LogP contribution in [0.15, 0.2) is 12.5 Å². The predicted molar refractivity (Wildman–Crippen MR) is 76.6 cm³/mol. The van der Waals surface area contributed by atoms with E-state index in [-0.39, 0.29) is 6.42 Å². The molecular formula is C11H20N4O4S. The van der Waals surface area contributed by atoms with Gasteiger partial charge in [-0.1, -0.05) is 0 Å². The van der Waals surface area contributed by atoms with Crippen LogP contribution >= 0.6 is 12.6 Å². The van der Waals surface area contributed by atoms with Gasteiger partial charge in [0.2, 0.25) is 0 Å². The summed E-state index contributed by atoms with van der Waals surface area (Å²) < 4.78 is -0.647. The number of aliphatic carboxylic acids is 2. The second-order valence-corrected chi connectivity index (χ2v) is 5.83. The fourth-order valence-corrected chi connectivity index (χ4v) is 1.13. The lowest BCUT2D eigenvalue weighted by atomic mass is 10.1. The highest BCUT2D eigenvalue weighted by atomic mass is 32.1. The molecule has 0 radical (unpaired) electrons. The lowest BCUT2D eigenvalue weighted by Crippen LogP contribution is -2.45. The van der Waals surface area contributed by atoms with Gasteiger partial charge < -0.3 is 26.7 Å². The van der Waals surface area contributed by atoms with Gasteiger partial charge in [-0.05, 0) is 13.8 Å². The Balaban J connectivity index is 0.000000370. The monoisotopic (exact) mass is 304 g/mol. The third-order valence-corrected chi connectivity index (χ3v) is 2.61. The Kier molecular flexibility index (Phi) is 7.25. The Morgan fingerprint density at radius 3 is 2.20 bits per heavy atom. The molecule has 20 heavy (non-hydrogen) atoms. The largest absolute Gasteiger partial charge is 0.480 e. The lowest BCUT2D eigenvalue weighted by Gasteiger charge is -2.21. The summed E-state index contributed by atoms with van der Waals surface area (Å²) in [4.78, 5) is 27.0. The summed E-state index contributed by atoms with van der Waals surface area (Å²) in [6.45, 7) is 3.32. The lowest BCUT2D eigenvalue weighted by molar-refractivity contribution is -0.139. The van der Waals surface area contributed by atoms with E-state index in [1.165, 1.54) is 6.33 Å². The van der Waals surface area contributed by atoms with Crippen LogP contribution in [0.1, 0.15) is 19.5 Å². The van der Waals surface area contributed by atoms with Gasteiger partial charge in [-0.25, -0.2) is 4.98 Å². The van der Waals surface area contributed by atoms with E-state index >= 15 is 0 Å². The third kappa shape index (κ3) is 7.12. The molecule has 8 nitrogen and oxygen atoms in total. The van der Waals surface area contributed by atoms with Gasteiger partial charge in [-0.15, -0.1) is 0 Å². The number of nitrogens with two attached hydrogens (primary N) is 2. The van der Waals surface area contributed by atoms with Crippen molar-refractivity contribution in [2.24, 2.45) is 11.5 Å². The van der Waals surface area contributed by atoms with Gasteiger partial charge in [0.15, 0.2) is 0 Å². The quantitative estimate of drug-likeness (QED) is 0.399. The van der Waals surface area contributed by atoms with Crippen LogP contribution in [0.4, 0.5) is 0 Å². The van der Waals surface area contributed by atoms with Crippen LogP contribution in [0.5, 0.6) is 0 Å². The van der Waals surface area contributed by atoms with Crippen molar-refractivity contribution in [1.29, 1.82) is 0 Å². The van der Waals surface area contributed by atoms with Gasteiger partial charge in [0.1, 0.15) is 12.1 Å². The zero-order valence-corrected chi connectivity index (χ0v) is 12.2. The first kappa shape index (κ1) is 18.4. The number of rotatable bonds is 5. The molecule has 2 atom stereocenters. The van der Waals surface area contributed by atoms with E-state index in [2.05, 4.69) is 22.6 Å². The Morgan fingerprint density at radius 1 is 1.40 bits per heavy atom. The van der Waals surface area contributed by atoms with E-state index in [0.717, 1.165) is 0 Å². The second kappa shape index (κ2) is 7.88. The van der Waals surface area contributed by atoms with Crippen molar-refractivity contribution in [2.45, 2.75) is 37.1 Å². The minimum atomic E-state index is -1.02. The number of imidazole rings is 1. The number of H-pyrrole nitrogens is 1. The number of nitrogens with zero attached hydrogens (tertiary/aromatic N) is 1. The van der Waals surface area contributed by atoms with Crippen molar-refractivity contribution in [3.8, 4) is 0 Å². The number of hydrogen-bond donors (Lipinski definition) is 6. The standard InChI is InChI=1S/C6H9N3O2.C5H11NO2S/c7-5(6(10)11)1-4-2-8-3-9-4;1-5(2,9)3(6)4(7)8/h2-3,5H,1,7H2,(H,8,9)(H,10,11);3,9H,6H2,1-2H3,(H,7,8). The van der Waals surface area contributed by atoms with Gasteiger partial charge in [0.05, 0.1) is 12.0 Å². The van der Waals surface area contributed by atoms with Gasteiger partial charge >= 0.3 is 11.9 Å². The maximum absolute atomic E-state index is 10.3. The fraction of sp³-hybridized carbons (Fsp3) is 0.545. The van der Waals surface area contributed by atoms with Gasteiger partial charge in [-0.2, -0.15) is 12.6 Å². The molecule has 114 valence electrons. The Labute approximate surface area is 122 Å². The van der Waals surface area contributed by atoms with Crippen molar-refractivity contribution in [2.75, 3.05) is 0 Å². The number of carboxylic acid groups (broad SMARTS) is 2. The molecule has 0 amide bonds. The number of carbonyl (C=O) groups is 2. The van der Waals surface area contributed by atoms with Crippen LogP contribution < -0.4 is 11.5 Å². The molecule has 0 aromatic carbocycles. The highest BCUT2D eigenvalue weighted by Crippen LogP contribution is 2.15. The summed E-state index contributed by atoms with van der Waals surface area (Å²) in [5, 5.41) is 16.8. The van der Waals surface area contributed by atoms with Crippen LogP contribution in [0.3, 0.4) is 0 Å². The van der Waals surface area contributed by atoms with Crippen LogP contribution in [-0.4, -0.2) is 49.0 Å². The van der Waals surface area contributed by atoms with Crippen molar-refractivity contribution in [3.63, 3.8) is 0 Å². The van der Waals surface area contributed by atoms with E-state index in [1.54, 1.807) is 20.0 Å². The number of aromatic amines is 1. The molecule has 0 aliphatic carbocycles. The van der Waals surface area contributed by atoms with E-state index in [0.29, 0.717) is 5.69 Å². The molecule has 7 N–H and O–H groups in total. The Bertz CT molecular complexity index is 430. The number of hydrogen-bond acceptors (Lipinski definition) is 6. The molecule has 0 spiro atoms. The fourth-order valence-electron chi connectivity index (χ4n) is 1.02. The maximum atomic E-state index is 10.3. The Hall–Kier alpha value is -1.58. The molecule has 0 fully saturated rings. The first-order valence-electron chi connectivity index (χ1n) is 5.72. The summed E-state index contributed by atoms with van der Waals surface area (Å²) in [5.74, 6) is -2.02. The molecule has 0 saturated heterocycles. The summed E-state index contributed by atoms with van der Waals surface area (Å²) in [6, 6.07) is -1.76. The van der Waals surface area contributed by atoms with Crippen molar-refractivity contribution in [1.82, 2.24) is 9.97 Å². The van der Waals surface area contributed by atoms with E-state index < -0.39 is 28.8 Å². The average Bonchev–Trinajstić information content (AvgIpc) is 2.80. The topological polar surface area (TPSA) is 155 Å². The van der Waals surface area contributed by atoms with Gasteiger partial charge in [0.25, 0.3) is 0 Å². The molecule has 1 heterocycles. The molecule has 9 heteroatoms. The number of thiol groups is 1. The SMILES string of the molecule is CC(C)(S)C(N)C(=O)O.NC(Cc1c[nH]cn1)C(=O)O. The average molecular weight is 304 g/mol. The van der Waals surface area contributed by atoms with Crippen LogP contribution in [0.25, 0.3) is 0 Å². The normalized spacial score (nSPS) is 13.8. The molecule has 1 rings (SSSR count). The van der Waals surface area contributed by atoms with E-state index in [1.807, 2.05) is 0 Å². The summed E-state index contributed by atoms with van der Waals surface area (Å²) in [6.07, 6.45) is 3.38. The Morgan fingerprint density at radius 2 is 1.95 bits per heavy atom. The van der Waals surface area contributed by atoms with Crippen LogP contribution in [-0.2, 0) is 16.0 Å². The highest BCUT2D eigenvalue weighted by molar-refractivity contribution is 7.81. The third-order valence-electron chi connectivity index (χ3n) is 2.33. The minimum Gasteiger partial charge on any atom is -0.480 e. The molecular weight excluding hydrogens is 284 g/mol. The zero-order valence-electron chi connectivity index (χ0n) is 11.3. The molecule has 2 unspecified atom stereocenters. The molecule has 1 aromatic rings. The van der Waals surface area contributed by atoms with Crippen LogP contribution in [0.2, 0.25) is 0 Å². The summed E-state index contributed by atoms with van der Waals surface area (Å²) in [7, 11) is 0. The van der Waals surface area contributed by atoms with Gasteiger partial charge in [0, 0.05) is 17.4 Å². The molecule has 0 aliphatic heterocycles. The number of carboxylic acids is 2. The zero-order chi connectivity index (χ0) is 15.9. The number of aromatic nitrogens is 2. The predicted octanol–water partition coefficient (Wildman–Crippen LogP) is -0.529. The van der Waals surface area contributed by atoms with Gasteiger partial charge in [-0.3, -0.25) is 9.59 Å². The van der Waals surface area contributed by atoms with Crippen molar-refractivity contribution >= 4 is 24.6 Å². The first-order valence-corrected chi connectivity index (χ1v) is 6.17.